The molecule has 11 heavy (non-hydrogen) atoms. The first-order valence-electron chi connectivity index (χ1n) is 4.45. The van der Waals surface area contributed by atoms with Crippen LogP contribution < -0.4 is 0 Å². The third kappa shape index (κ3) is 3.51. The van der Waals surface area contributed by atoms with E-state index in [0.717, 1.165) is 18.8 Å². The number of ether oxygens (including phenoxy) is 1. The van der Waals surface area contributed by atoms with Gasteiger partial charge < -0.3 is 9.53 Å². The molecule has 0 aromatic heterocycles. The van der Waals surface area contributed by atoms with Crippen molar-refractivity contribution in [2.45, 2.75) is 32.1 Å². The molecule has 0 N–H and O–H groups in total. The van der Waals surface area contributed by atoms with Crippen LogP contribution in [0.1, 0.15) is 32.1 Å². The third-order valence-corrected chi connectivity index (χ3v) is 2.21. The summed E-state index contributed by atoms with van der Waals surface area (Å²) in [5.41, 5.74) is 0. The number of rotatable bonds is 5. The smallest absolute Gasteiger partial charge is 0.122 e. The van der Waals surface area contributed by atoms with Gasteiger partial charge in [0, 0.05) is 13.0 Å². The van der Waals surface area contributed by atoms with Gasteiger partial charge in [-0.25, -0.2) is 0 Å². The highest BCUT2D eigenvalue weighted by molar-refractivity contribution is 5.49. The Hall–Kier alpha value is -0.370. The van der Waals surface area contributed by atoms with Gasteiger partial charge in [-0.1, -0.05) is 12.8 Å². The quantitative estimate of drug-likeness (QED) is 0.448. The molecule has 1 fully saturated rings. The Morgan fingerprint density at radius 2 is 2.09 bits per heavy atom. The summed E-state index contributed by atoms with van der Waals surface area (Å²) in [7, 11) is 0. The van der Waals surface area contributed by atoms with Crippen LogP contribution in [0, 0.1) is 5.92 Å². The van der Waals surface area contributed by atoms with Gasteiger partial charge in [0.05, 0.1) is 6.61 Å². The van der Waals surface area contributed by atoms with Gasteiger partial charge in [-0.2, -0.15) is 0 Å². The fraction of sp³-hybridized carbons (Fsp3) is 0.889. The van der Waals surface area contributed by atoms with E-state index in [1.165, 1.54) is 25.7 Å². The SMILES string of the molecule is O=CCCOCC1CCCC1. The van der Waals surface area contributed by atoms with E-state index in [-0.39, 0.29) is 0 Å². The Labute approximate surface area is 67.9 Å². The summed E-state index contributed by atoms with van der Waals surface area (Å²) in [4.78, 5) is 9.92. The van der Waals surface area contributed by atoms with Crippen molar-refractivity contribution in [2.24, 2.45) is 5.92 Å². The van der Waals surface area contributed by atoms with Gasteiger partial charge >= 0.3 is 0 Å². The zero-order valence-corrected chi connectivity index (χ0v) is 6.92. The van der Waals surface area contributed by atoms with Crippen molar-refractivity contribution in [3.8, 4) is 0 Å². The molecule has 0 spiro atoms. The molecule has 64 valence electrons. The molecule has 0 aliphatic heterocycles. The van der Waals surface area contributed by atoms with E-state index in [9.17, 15) is 4.79 Å². The van der Waals surface area contributed by atoms with Gasteiger partial charge in [0.15, 0.2) is 0 Å². The Bertz CT molecular complexity index is 106. The van der Waals surface area contributed by atoms with Crippen molar-refractivity contribution in [2.75, 3.05) is 13.2 Å². The van der Waals surface area contributed by atoms with Crippen LogP contribution in [0.25, 0.3) is 0 Å². The number of carbonyl (C=O) groups excluding carboxylic acids is 1. The van der Waals surface area contributed by atoms with Crippen molar-refractivity contribution < 1.29 is 9.53 Å². The van der Waals surface area contributed by atoms with E-state index in [1.54, 1.807) is 0 Å². The summed E-state index contributed by atoms with van der Waals surface area (Å²) < 4.78 is 5.33. The van der Waals surface area contributed by atoms with Gasteiger partial charge in [-0.3, -0.25) is 0 Å². The second-order valence-corrected chi connectivity index (χ2v) is 3.18. The van der Waals surface area contributed by atoms with Gasteiger partial charge in [0.2, 0.25) is 0 Å². The molecular formula is C9H16O2. The van der Waals surface area contributed by atoms with Crippen LogP contribution >= 0.6 is 0 Å². The van der Waals surface area contributed by atoms with Gasteiger partial charge in [0.1, 0.15) is 6.29 Å². The first-order valence-corrected chi connectivity index (χ1v) is 4.45. The van der Waals surface area contributed by atoms with E-state index in [2.05, 4.69) is 0 Å². The van der Waals surface area contributed by atoms with Crippen molar-refractivity contribution in [3.05, 3.63) is 0 Å². The number of aldehydes is 1. The predicted octanol–water partition coefficient (Wildman–Crippen LogP) is 1.78. The van der Waals surface area contributed by atoms with E-state index in [0.29, 0.717) is 13.0 Å². The van der Waals surface area contributed by atoms with Crippen LogP contribution in [0.5, 0.6) is 0 Å². The van der Waals surface area contributed by atoms with E-state index in [1.807, 2.05) is 0 Å². The summed E-state index contributed by atoms with van der Waals surface area (Å²) >= 11 is 0. The van der Waals surface area contributed by atoms with Crippen LogP contribution in [-0.2, 0) is 9.53 Å². The standard InChI is InChI=1S/C9H16O2/c10-6-3-7-11-8-9-4-1-2-5-9/h6,9H,1-5,7-8H2. The topological polar surface area (TPSA) is 26.3 Å². The predicted molar refractivity (Wildman–Crippen MR) is 43.5 cm³/mol. The minimum absolute atomic E-state index is 0.548. The third-order valence-electron chi connectivity index (χ3n) is 2.21. The van der Waals surface area contributed by atoms with Crippen LogP contribution in [-0.4, -0.2) is 19.5 Å². The maximum atomic E-state index is 9.92. The van der Waals surface area contributed by atoms with Gasteiger partial charge in [-0.15, -0.1) is 0 Å². The van der Waals surface area contributed by atoms with Crippen molar-refractivity contribution in [3.63, 3.8) is 0 Å². The van der Waals surface area contributed by atoms with Crippen LogP contribution in [0.2, 0.25) is 0 Å². The maximum Gasteiger partial charge on any atom is 0.122 e. The molecule has 1 aliphatic carbocycles. The lowest BCUT2D eigenvalue weighted by molar-refractivity contribution is -0.108. The first-order chi connectivity index (χ1) is 5.43. The maximum absolute atomic E-state index is 9.92. The molecule has 0 atom stereocenters. The molecule has 0 bridgehead atoms. The van der Waals surface area contributed by atoms with Crippen molar-refractivity contribution in [1.29, 1.82) is 0 Å². The summed E-state index contributed by atoms with van der Waals surface area (Å²) in [6.07, 6.45) is 6.83. The lowest BCUT2D eigenvalue weighted by Crippen LogP contribution is -2.06. The minimum Gasteiger partial charge on any atom is -0.381 e. The molecule has 2 nitrogen and oxygen atoms in total. The lowest BCUT2D eigenvalue weighted by Gasteiger charge is -2.07. The molecule has 2 heteroatoms. The summed E-state index contributed by atoms with van der Waals surface area (Å²) in [5, 5.41) is 0. The van der Waals surface area contributed by atoms with Crippen LogP contribution in [0.4, 0.5) is 0 Å². The fourth-order valence-corrected chi connectivity index (χ4v) is 1.56. The Morgan fingerprint density at radius 1 is 1.36 bits per heavy atom. The highest BCUT2D eigenvalue weighted by Crippen LogP contribution is 2.24. The van der Waals surface area contributed by atoms with Crippen LogP contribution in [0.3, 0.4) is 0 Å². The molecule has 1 saturated carbocycles. The number of hydrogen-bond acceptors (Lipinski definition) is 2. The zero-order valence-electron chi connectivity index (χ0n) is 6.92. The normalized spacial score (nSPS) is 18.9. The molecule has 0 radical (unpaired) electrons. The molecule has 0 aromatic rings. The second-order valence-electron chi connectivity index (χ2n) is 3.18. The first kappa shape index (κ1) is 8.72. The van der Waals surface area contributed by atoms with Crippen molar-refractivity contribution >= 4 is 6.29 Å². The van der Waals surface area contributed by atoms with Gasteiger partial charge in [0.25, 0.3) is 0 Å². The molecule has 0 saturated heterocycles. The summed E-state index contributed by atoms with van der Waals surface area (Å²) in [6, 6.07) is 0. The molecular weight excluding hydrogens is 140 g/mol. The zero-order chi connectivity index (χ0) is 7.94. The molecule has 0 heterocycles. The van der Waals surface area contributed by atoms with E-state index >= 15 is 0 Å². The lowest BCUT2D eigenvalue weighted by atomic mass is 10.1. The molecule has 0 unspecified atom stereocenters. The number of hydrogen-bond donors (Lipinski definition) is 0. The highest BCUT2D eigenvalue weighted by atomic mass is 16.5. The molecule has 1 aliphatic rings. The molecule has 0 aromatic carbocycles. The van der Waals surface area contributed by atoms with E-state index in [4.69, 9.17) is 4.74 Å². The Kier molecular flexibility index (Phi) is 4.21. The Balaban J connectivity index is 1.89. The molecule has 1 rings (SSSR count). The second kappa shape index (κ2) is 5.30. The summed E-state index contributed by atoms with van der Waals surface area (Å²) in [6.45, 7) is 1.48. The summed E-state index contributed by atoms with van der Waals surface area (Å²) in [5.74, 6) is 0.779. The minimum atomic E-state index is 0.548. The van der Waals surface area contributed by atoms with Crippen molar-refractivity contribution in [1.82, 2.24) is 0 Å². The Morgan fingerprint density at radius 3 is 2.73 bits per heavy atom. The number of carbonyl (C=O) groups is 1. The van der Waals surface area contributed by atoms with Gasteiger partial charge in [-0.05, 0) is 18.8 Å². The van der Waals surface area contributed by atoms with Crippen LogP contribution in [0.15, 0.2) is 0 Å². The average molecular weight is 156 g/mol. The molecule has 0 amide bonds. The van der Waals surface area contributed by atoms with E-state index < -0.39 is 0 Å². The monoisotopic (exact) mass is 156 g/mol. The fourth-order valence-electron chi connectivity index (χ4n) is 1.56. The highest BCUT2D eigenvalue weighted by Gasteiger charge is 2.14. The average Bonchev–Trinajstić information content (AvgIpc) is 2.50. The largest absolute Gasteiger partial charge is 0.381 e.